The molecule has 5 nitrogen and oxygen atoms in total. The number of methoxy groups -OCH3 is 1. The van der Waals surface area contributed by atoms with Crippen LogP contribution in [-0.2, 0) is 22.7 Å². The van der Waals surface area contributed by atoms with Gasteiger partial charge in [0, 0.05) is 17.0 Å². The van der Waals surface area contributed by atoms with Crippen molar-refractivity contribution in [3.63, 3.8) is 0 Å². The summed E-state index contributed by atoms with van der Waals surface area (Å²) < 4.78 is 5.37. The van der Waals surface area contributed by atoms with Crippen LogP contribution in [0.2, 0.25) is 0 Å². The minimum Gasteiger partial charge on any atom is -0.496 e. The van der Waals surface area contributed by atoms with E-state index in [1.54, 1.807) is 23.3 Å². The van der Waals surface area contributed by atoms with Crippen molar-refractivity contribution >= 4 is 23.2 Å². The van der Waals surface area contributed by atoms with E-state index in [2.05, 4.69) is 0 Å². The number of carbonyl (C=O) groups excluding carboxylic acids is 1. The molecule has 24 heavy (non-hydrogen) atoms. The summed E-state index contributed by atoms with van der Waals surface area (Å²) in [6, 6.07) is 11.5. The quantitative estimate of drug-likeness (QED) is 0.838. The number of ether oxygens (including phenoxy) is 1. The molecule has 1 N–H and O–H groups in total. The molecular formula is C18H19NO4S. The molecular weight excluding hydrogens is 326 g/mol. The largest absolute Gasteiger partial charge is 0.496 e. The van der Waals surface area contributed by atoms with E-state index in [-0.39, 0.29) is 5.91 Å². The number of carbonyl (C=O) groups is 2. The summed E-state index contributed by atoms with van der Waals surface area (Å²) in [6.07, 6.45) is 0.432. The van der Waals surface area contributed by atoms with Crippen LogP contribution in [0.25, 0.3) is 0 Å². The third kappa shape index (κ3) is 3.59. The van der Waals surface area contributed by atoms with Crippen molar-refractivity contribution in [3.8, 4) is 5.75 Å². The first kappa shape index (κ1) is 16.5. The second kappa shape index (κ2) is 7.05. The van der Waals surface area contributed by atoms with E-state index in [4.69, 9.17) is 9.84 Å². The van der Waals surface area contributed by atoms with Gasteiger partial charge in [-0.3, -0.25) is 9.59 Å². The first-order chi connectivity index (χ1) is 11.6. The highest BCUT2D eigenvalue weighted by molar-refractivity contribution is 7.09. The first-order valence-corrected chi connectivity index (χ1v) is 8.64. The van der Waals surface area contributed by atoms with Crippen molar-refractivity contribution in [3.05, 3.63) is 52.2 Å². The molecule has 1 saturated carbocycles. The fourth-order valence-corrected chi connectivity index (χ4v) is 3.54. The summed E-state index contributed by atoms with van der Waals surface area (Å²) in [7, 11) is 1.60. The van der Waals surface area contributed by atoms with Crippen molar-refractivity contribution in [2.45, 2.75) is 19.5 Å². The molecule has 0 aliphatic heterocycles. The number of nitrogens with zero attached hydrogens (tertiary/aromatic N) is 1. The predicted molar refractivity (Wildman–Crippen MR) is 90.8 cm³/mol. The molecule has 126 valence electrons. The van der Waals surface area contributed by atoms with E-state index in [1.807, 2.05) is 41.8 Å². The maximum Gasteiger partial charge on any atom is 0.307 e. The highest BCUT2D eigenvalue weighted by Gasteiger charge is 2.49. The van der Waals surface area contributed by atoms with Crippen LogP contribution in [0.3, 0.4) is 0 Å². The normalized spacial score (nSPS) is 18.9. The van der Waals surface area contributed by atoms with Crippen molar-refractivity contribution in [1.29, 1.82) is 0 Å². The third-order valence-electron chi connectivity index (χ3n) is 4.22. The highest BCUT2D eigenvalue weighted by Crippen LogP contribution is 2.41. The molecule has 0 saturated heterocycles. The molecule has 2 atom stereocenters. The van der Waals surface area contributed by atoms with Crippen molar-refractivity contribution < 1.29 is 19.4 Å². The van der Waals surface area contributed by atoms with Gasteiger partial charge in [-0.15, -0.1) is 11.3 Å². The van der Waals surface area contributed by atoms with Crippen molar-refractivity contribution in [1.82, 2.24) is 4.90 Å². The lowest BCUT2D eigenvalue weighted by Gasteiger charge is -2.23. The lowest BCUT2D eigenvalue weighted by molar-refractivity contribution is -0.142. The van der Waals surface area contributed by atoms with Gasteiger partial charge in [-0.25, -0.2) is 0 Å². The minimum absolute atomic E-state index is 0.0956. The summed E-state index contributed by atoms with van der Waals surface area (Å²) in [5, 5.41) is 11.1. The summed E-state index contributed by atoms with van der Waals surface area (Å²) in [5.74, 6) is -1.20. The Hall–Kier alpha value is -2.34. The summed E-state index contributed by atoms with van der Waals surface area (Å²) in [5.41, 5.74) is 0.914. The number of carboxylic acids is 1. The van der Waals surface area contributed by atoms with Gasteiger partial charge in [-0.1, -0.05) is 24.3 Å². The van der Waals surface area contributed by atoms with Crippen LogP contribution in [0.1, 0.15) is 16.9 Å². The Morgan fingerprint density at radius 3 is 2.62 bits per heavy atom. The number of rotatable bonds is 7. The molecule has 1 aliphatic carbocycles. The first-order valence-electron chi connectivity index (χ1n) is 7.76. The molecule has 6 heteroatoms. The summed E-state index contributed by atoms with van der Waals surface area (Å²) in [4.78, 5) is 26.7. The molecule has 2 unspecified atom stereocenters. The SMILES string of the molecule is COc1ccccc1CN(Cc1cccs1)C(=O)C1CC1C(=O)O. The molecule has 3 rings (SSSR count). The zero-order valence-electron chi connectivity index (χ0n) is 13.3. The fourth-order valence-electron chi connectivity index (χ4n) is 2.82. The average molecular weight is 345 g/mol. The van der Waals surface area contributed by atoms with Gasteiger partial charge in [0.25, 0.3) is 0 Å². The van der Waals surface area contributed by atoms with Gasteiger partial charge in [-0.2, -0.15) is 0 Å². The van der Waals surface area contributed by atoms with Gasteiger partial charge in [0.2, 0.25) is 5.91 Å². The van der Waals surface area contributed by atoms with E-state index < -0.39 is 17.8 Å². The summed E-state index contributed by atoms with van der Waals surface area (Å²) in [6.45, 7) is 0.890. The molecule has 0 bridgehead atoms. The van der Waals surface area contributed by atoms with Crippen LogP contribution in [0.5, 0.6) is 5.75 Å². The Kier molecular flexibility index (Phi) is 4.85. The number of benzene rings is 1. The van der Waals surface area contributed by atoms with Gasteiger partial charge in [0.15, 0.2) is 0 Å². The van der Waals surface area contributed by atoms with Crippen LogP contribution in [0, 0.1) is 11.8 Å². The Bertz CT molecular complexity index is 728. The van der Waals surface area contributed by atoms with Gasteiger partial charge in [0.1, 0.15) is 5.75 Å². The smallest absolute Gasteiger partial charge is 0.307 e. The zero-order valence-corrected chi connectivity index (χ0v) is 14.2. The fraction of sp³-hybridized carbons (Fsp3) is 0.333. The predicted octanol–water partition coefficient (Wildman–Crippen LogP) is 3.01. The van der Waals surface area contributed by atoms with Crippen molar-refractivity contribution in [2.75, 3.05) is 7.11 Å². The van der Waals surface area contributed by atoms with E-state index >= 15 is 0 Å². The molecule has 1 aromatic carbocycles. The van der Waals surface area contributed by atoms with Gasteiger partial charge in [0.05, 0.1) is 25.5 Å². The summed E-state index contributed by atoms with van der Waals surface area (Å²) >= 11 is 1.59. The minimum atomic E-state index is -0.887. The maximum atomic E-state index is 12.8. The number of thiophene rings is 1. The van der Waals surface area contributed by atoms with Crippen LogP contribution in [-0.4, -0.2) is 29.0 Å². The third-order valence-corrected chi connectivity index (χ3v) is 5.08. The van der Waals surface area contributed by atoms with Crippen LogP contribution >= 0.6 is 11.3 Å². The van der Waals surface area contributed by atoms with E-state index in [0.717, 1.165) is 16.2 Å². The number of hydrogen-bond donors (Lipinski definition) is 1. The average Bonchev–Trinajstić information content (AvgIpc) is 3.24. The number of aliphatic carboxylic acids is 1. The monoisotopic (exact) mass is 345 g/mol. The Labute approximate surface area is 144 Å². The van der Waals surface area contributed by atoms with Gasteiger partial charge >= 0.3 is 5.97 Å². The second-order valence-corrected chi connectivity index (χ2v) is 6.90. The Morgan fingerprint density at radius 2 is 2.00 bits per heavy atom. The highest BCUT2D eigenvalue weighted by atomic mass is 32.1. The second-order valence-electron chi connectivity index (χ2n) is 5.87. The number of amides is 1. The molecule has 2 aromatic rings. The van der Waals surface area contributed by atoms with E-state index in [0.29, 0.717) is 19.5 Å². The van der Waals surface area contributed by atoms with E-state index in [1.165, 1.54) is 0 Å². The zero-order chi connectivity index (χ0) is 17.1. The maximum absolute atomic E-state index is 12.8. The molecule has 1 heterocycles. The van der Waals surface area contributed by atoms with Crippen molar-refractivity contribution in [2.24, 2.45) is 11.8 Å². The van der Waals surface area contributed by atoms with Crippen LogP contribution < -0.4 is 4.74 Å². The van der Waals surface area contributed by atoms with Crippen LogP contribution in [0.4, 0.5) is 0 Å². The number of hydrogen-bond acceptors (Lipinski definition) is 4. The van der Waals surface area contributed by atoms with Gasteiger partial charge in [-0.05, 0) is 23.9 Å². The molecule has 1 aromatic heterocycles. The molecule has 0 spiro atoms. The Morgan fingerprint density at radius 1 is 1.21 bits per heavy atom. The van der Waals surface area contributed by atoms with Crippen LogP contribution in [0.15, 0.2) is 41.8 Å². The lowest BCUT2D eigenvalue weighted by atomic mass is 10.1. The topological polar surface area (TPSA) is 66.8 Å². The number of para-hydroxylation sites is 1. The van der Waals surface area contributed by atoms with E-state index in [9.17, 15) is 9.59 Å². The van der Waals surface area contributed by atoms with Gasteiger partial charge < -0.3 is 14.7 Å². The Balaban J connectivity index is 1.79. The molecule has 1 aliphatic rings. The standard InChI is InChI=1S/C18H19NO4S/c1-23-16-7-3-2-5-12(16)10-19(11-13-6-4-8-24-13)17(20)14-9-15(14)18(21)22/h2-8,14-15H,9-11H2,1H3,(H,21,22). The lowest BCUT2D eigenvalue weighted by Crippen LogP contribution is -2.32. The number of carboxylic acid groups (broad SMARTS) is 1. The molecule has 1 fully saturated rings. The molecule has 0 radical (unpaired) electrons. The molecule has 1 amide bonds.